The Labute approximate surface area is 164 Å². The number of benzene rings is 1. The predicted octanol–water partition coefficient (Wildman–Crippen LogP) is 2.37. The minimum absolute atomic E-state index is 0.0339. The van der Waals surface area contributed by atoms with Crippen LogP contribution in [-0.4, -0.2) is 39.7 Å². The van der Waals surface area contributed by atoms with Gasteiger partial charge in [-0.15, -0.1) is 0 Å². The van der Waals surface area contributed by atoms with E-state index < -0.39 is 16.1 Å². The Morgan fingerprint density at radius 2 is 1.89 bits per heavy atom. The number of carbonyl (C=O) groups excluding carboxylic acids is 1. The molecule has 1 unspecified atom stereocenters. The van der Waals surface area contributed by atoms with E-state index in [9.17, 15) is 13.2 Å². The van der Waals surface area contributed by atoms with Crippen molar-refractivity contribution in [3.8, 4) is 5.88 Å². The zero-order valence-electron chi connectivity index (χ0n) is 16.1. The van der Waals surface area contributed by atoms with Gasteiger partial charge >= 0.3 is 5.97 Å². The fourth-order valence-electron chi connectivity index (χ4n) is 3.22. The molecule has 0 N–H and O–H groups in total. The molecule has 28 heavy (non-hydrogen) atoms. The number of fused-ring (bicyclic) bond motifs is 1. The minimum atomic E-state index is -3.78. The van der Waals surface area contributed by atoms with Gasteiger partial charge in [-0.3, -0.25) is 4.18 Å². The van der Waals surface area contributed by atoms with E-state index in [1.807, 2.05) is 13.8 Å². The topological polar surface area (TPSA) is 91.8 Å². The third-order valence-electron chi connectivity index (χ3n) is 4.82. The summed E-state index contributed by atoms with van der Waals surface area (Å²) in [6, 6.07) is 6.58. The molecule has 7 nitrogen and oxygen atoms in total. The highest BCUT2D eigenvalue weighted by atomic mass is 32.2. The Bertz CT molecular complexity index is 969. The summed E-state index contributed by atoms with van der Waals surface area (Å²) >= 11 is 0. The van der Waals surface area contributed by atoms with Gasteiger partial charge in [-0.1, -0.05) is 17.7 Å². The molecular weight excluding hydrogens is 382 g/mol. The molecule has 150 valence electrons. The van der Waals surface area contributed by atoms with E-state index in [1.165, 1.54) is 7.11 Å². The standard InChI is InChI=1S/C20H23NO6S/c1-13-4-6-17(7-5-13)28(23,24)27-11-15-8-16-10-21-20(14(2)18(16)9-15)26-12-19(22)25-3/h4-7,10,15H,8-9,11-12H2,1-3H3. The number of aromatic nitrogens is 1. The molecule has 0 fully saturated rings. The van der Waals surface area contributed by atoms with E-state index in [2.05, 4.69) is 9.72 Å². The van der Waals surface area contributed by atoms with Crippen molar-refractivity contribution in [3.05, 3.63) is 52.7 Å². The van der Waals surface area contributed by atoms with Gasteiger partial charge < -0.3 is 9.47 Å². The van der Waals surface area contributed by atoms with Gasteiger partial charge in [0.1, 0.15) is 0 Å². The van der Waals surface area contributed by atoms with Crippen molar-refractivity contribution >= 4 is 16.1 Å². The molecule has 1 aromatic heterocycles. The van der Waals surface area contributed by atoms with Crippen molar-refractivity contribution in [1.82, 2.24) is 4.98 Å². The second kappa shape index (κ2) is 8.28. The fraction of sp³-hybridized carbons (Fsp3) is 0.400. The van der Waals surface area contributed by atoms with Gasteiger partial charge in [0.25, 0.3) is 10.1 Å². The fourth-order valence-corrected chi connectivity index (χ4v) is 4.20. The number of methoxy groups -OCH3 is 1. The second-order valence-corrected chi connectivity index (χ2v) is 8.50. The van der Waals surface area contributed by atoms with E-state index in [-0.39, 0.29) is 24.0 Å². The van der Waals surface area contributed by atoms with E-state index in [0.717, 1.165) is 22.3 Å². The molecule has 1 aliphatic rings. The third kappa shape index (κ3) is 4.51. The van der Waals surface area contributed by atoms with E-state index in [1.54, 1.807) is 30.5 Å². The predicted molar refractivity (Wildman–Crippen MR) is 102 cm³/mol. The van der Waals surface area contributed by atoms with E-state index in [0.29, 0.717) is 18.7 Å². The van der Waals surface area contributed by atoms with Crippen LogP contribution in [0.25, 0.3) is 0 Å². The average molecular weight is 405 g/mol. The van der Waals surface area contributed by atoms with Gasteiger partial charge in [0.05, 0.1) is 18.6 Å². The first-order valence-electron chi connectivity index (χ1n) is 8.93. The van der Waals surface area contributed by atoms with Gasteiger partial charge in [0.2, 0.25) is 5.88 Å². The molecule has 8 heteroatoms. The average Bonchev–Trinajstić information content (AvgIpc) is 3.10. The van der Waals surface area contributed by atoms with E-state index in [4.69, 9.17) is 8.92 Å². The van der Waals surface area contributed by atoms with Gasteiger partial charge in [-0.05, 0) is 55.9 Å². The van der Waals surface area contributed by atoms with Crippen molar-refractivity contribution < 1.29 is 26.9 Å². The summed E-state index contributed by atoms with van der Waals surface area (Å²) in [7, 11) is -2.49. The molecule has 1 heterocycles. The molecule has 0 saturated carbocycles. The highest BCUT2D eigenvalue weighted by Crippen LogP contribution is 2.33. The summed E-state index contributed by atoms with van der Waals surface area (Å²) in [4.78, 5) is 15.7. The summed E-state index contributed by atoms with van der Waals surface area (Å²) in [6.45, 7) is 3.67. The molecule has 0 bridgehead atoms. The zero-order valence-corrected chi connectivity index (χ0v) is 16.9. The van der Waals surface area contributed by atoms with Crippen molar-refractivity contribution in [3.63, 3.8) is 0 Å². The lowest BCUT2D eigenvalue weighted by Crippen LogP contribution is -2.15. The van der Waals surface area contributed by atoms with Crippen molar-refractivity contribution in [1.29, 1.82) is 0 Å². The van der Waals surface area contributed by atoms with Crippen LogP contribution in [0.1, 0.15) is 22.3 Å². The molecule has 0 spiro atoms. The van der Waals surface area contributed by atoms with Crippen LogP contribution < -0.4 is 4.74 Å². The summed E-state index contributed by atoms with van der Waals surface area (Å²) in [5.74, 6) is -0.0566. The summed E-state index contributed by atoms with van der Waals surface area (Å²) < 4.78 is 40.0. The summed E-state index contributed by atoms with van der Waals surface area (Å²) in [6.07, 6.45) is 3.06. The Hall–Kier alpha value is -2.45. The van der Waals surface area contributed by atoms with E-state index >= 15 is 0 Å². The highest BCUT2D eigenvalue weighted by Gasteiger charge is 2.27. The van der Waals surface area contributed by atoms with Gasteiger partial charge in [-0.2, -0.15) is 8.42 Å². The maximum absolute atomic E-state index is 12.4. The monoisotopic (exact) mass is 405 g/mol. The van der Waals surface area contributed by atoms with Crippen LogP contribution in [0.2, 0.25) is 0 Å². The lowest BCUT2D eigenvalue weighted by molar-refractivity contribution is -0.143. The first kappa shape index (κ1) is 20.3. The van der Waals surface area contributed by atoms with Crippen LogP contribution >= 0.6 is 0 Å². The summed E-state index contributed by atoms with van der Waals surface area (Å²) in [5.41, 5.74) is 3.95. The smallest absolute Gasteiger partial charge is 0.343 e. The van der Waals surface area contributed by atoms with Crippen LogP contribution in [0.3, 0.4) is 0 Å². The van der Waals surface area contributed by atoms with Gasteiger partial charge in [0, 0.05) is 11.8 Å². The lowest BCUT2D eigenvalue weighted by Gasteiger charge is -2.11. The Kier molecular flexibility index (Phi) is 6.00. The molecule has 0 amide bonds. The first-order chi connectivity index (χ1) is 13.3. The second-order valence-electron chi connectivity index (χ2n) is 6.88. The minimum Gasteiger partial charge on any atom is -0.466 e. The Balaban J connectivity index is 1.64. The molecule has 0 aliphatic heterocycles. The summed E-state index contributed by atoms with van der Waals surface area (Å²) in [5, 5.41) is 0. The number of aryl methyl sites for hydroxylation is 1. The number of nitrogens with zero attached hydrogens (tertiary/aromatic N) is 1. The number of hydrogen-bond acceptors (Lipinski definition) is 7. The molecule has 0 saturated heterocycles. The van der Waals surface area contributed by atoms with Crippen molar-refractivity contribution in [2.24, 2.45) is 5.92 Å². The normalized spacial score (nSPS) is 15.9. The Morgan fingerprint density at radius 3 is 2.57 bits per heavy atom. The third-order valence-corrected chi connectivity index (χ3v) is 6.12. The number of hydrogen-bond donors (Lipinski definition) is 0. The Morgan fingerprint density at radius 1 is 1.18 bits per heavy atom. The zero-order chi connectivity index (χ0) is 20.3. The van der Waals surface area contributed by atoms with Crippen molar-refractivity contribution in [2.45, 2.75) is 31.6 Å². The van der Waals surface area contributed by atoms with Crippen LogP contribution in [0.15, 0.2) is 35.4 Å². The van der Waals surface area contributed by atoms with Crippen LogP contribution in [-0.2, 0) is 36.7 Å². The number of ether oxygens (including phenoxy) is 2. The van der Waals surface area contributed by atoms with Crippen LogP contribution in [0, 0.1) is 19.8 Å². The number of pyridine rings is 1. The van der Waals surface area contributed by atoms with Crippen LogP contribution in [0.4, 0.5) is 0 Å². The largest absolute Gasteiger partial charge is 0.466 e. The molecule has 1 aromatic carbocycles. The number of rotatable bonds is 7. The molecule has 0 radical (unpaired) electrons. The van der Waals surface area contributed by atoms with Crippen molar-refractivity contribution in [2.75, 3.05) is 20.3 Å². The molecule has 1 aliphatic carbocycles. The maximum Gasteiger partial charge on any atom is 0.343 e. The SMILES string of the molecule is COC(=O)COc1ncc2c(c1C)CC(COS(=O)(=O)c1ccc(C)cc1)C2. The lowest BCUT2D eigenvalue weighted by atomic mass is 10.1. The first-order valence-corrected chi connectivity index (χ1v) is 10.3. The number of carbonyl (C=O) groups is 1. The molecular formula is C20H23NO6S. The molecule has 2 aromatic rings. The van der Waals surface area contributed by atoms with Gasteiger partial charge in [0.15, 0.2) is 6.61 Å². The highest BCUT2D eigenvalue weighted by molar-refractivity contribution is 7.86. The molecule has 1 atom stereocenters. The van der Waals surface area contributed by atoms with Gasteiger partial charge in [-0.25, -0.2) is 9.78 Å². The maximum atomic E-state index is 12.4. The molecule has 3 rings (SSSR count). The van der Waals surface area contributed by atoms with Crippen LogP contribution in [0.5, 0.6) is 5.88 Å². The number of esters is 1. The quantitative estimate of drug-likeness (QED) is 0.516.